The van der Waals surface area contributed by atoms with Gasteiger partial charge in [0.2, 0.25) is 0 Å². The Labute approximate surface area is 109 Å². The molecule has 1 aliphatic heterocycles. The molecular formula is C14H22N2O2. The first-order chi connectivity index (χ1) is 8.79. The summed E-state index contributed by atoms with van der Waals surface area (Å²) in [6.45, 7) is 3.75. The second-order valence-electron chi connectivity index (χ2n) is 4.61. The van der Waals surface area contributed by atoms with Crippen molar-refractivity contribution < 1.29 is 9.47 Å². The molecule has 100 valence electrons. The molecule has 1 aliphatic rings. The van der Waals surface area contributed by atoms with Crippen molar-refractivity contribution in [2.24, 2.45) is 0 Å². The summed E-state index contributed by atoms with van der Waals surface area (Å²) in [7, 11) is 3.80. The van der Waals surface area contributed by atoms with Crippen LogP contribution in [-0.2, 0) is 4.74 Å². The van der Waals surface area contributed by atoms with E-state index in [1.807, 2.05) is 12.1 Å². The Kier molecular flexibility index (Phi) is 4.84. The molecule has 1 heterocycles. The maximum atomic E-state index is 5.70. The highest BCUT2D eigenvalue weighted by Gasteiger charge is 2.14. The van der Waals surface area contributed by atoms with Crippen LogP contribution in [0, 0.1) is 0 Å². The molecule has 1 unspecified atom stereocenters. The molecule has 0 spiro atoms. The highest BCUT2D eigenvalue weighted by Crippen LogP contribution is 2.20. The van der Waals surface area contributed by atoms with Gasteiger partial charge in [0.05, 0.1) is 19.8 Å². The third-order valence-electron chi connectivity index (χ3n) is 3.28. The van der Waals surface area contributed by atoms with Crippen molar-refractivity contribution >= 4 is 5.69 Å². The average molecular weight is 250 g/mol. The van der Waals surface area contributed by atoms with Gasteiger partial charge in [-0.3, -0.25) is 0 Å². The van der Waals surface area contributed by atoms with Gasteiger partial charge in [0.1, 0.15) is 5.75 Å². The molecule has 0 saturated carbocycles. The average Bonchev–Trinajstić information content (AvgIpc) is 2.46. The summed E-state index contributed by atoms with van der Waals surface area (Å²) < 4.78 is 10.9. The number of nitrogens with zero attached hydrogens (tertiary/aromatic N) is 1. The zero-order chi connectivity index (χ0) is 12.8. The van der Waals surface area contributed by atoms with Crippen LogP contribution in [-0.4, -0.2) is 46.5 Å². The molecule has 0 radical (unpaired) electrons. The normalized spacial score (nSPS) is 19.6. The minimum Gasteiger partial charge on any atom is -0.497 e. The first-order valence-electron chi connectivity index (χ1n) is 6.47. The lowest BCUT2D eigenvalue weighted by atomic mass is 10.2. The van der Waals surface area contributed by atoms with Crippen molar-refractivity contribution in [2.45, 2.75) is 12.5 Å². The van der Waals surface area contributed by atoms with E-state index in [9.17, 15) is 0 Å². The number of hydrogen-bond acceptors (Lipinski definition) is 4. The SMILES string of the molecule is COc1cccc(N(C)CCC2CNCCO2)c1. The number of anilines is 1. The number of nitrogens with one attached hydrogen (secondary N) is 1. The highest BCUT2D eigenvalue weighted by atomic mass is 16.5. The van der Waals surface area contributed by atoms with Gasteiger partial charge >= 0.3 is 0 Å². The molecule has 0 bridgehead atoms. The summed E-state index contributed by atoms with van der Waals surface area (Å²) in [5, 5.41) is 3.35. The third-order valence-corrected chi connectivity index (χ3v) is 3.28. The van der Waals surface area contributed by atoms with Gasteiger partial charge in [0, 0.05) is 38.4 Å². The smallest absolute Gasteiger partial charge is 0.120 e. The summed E-state index contributed by atoms with van der Waals surface area (Å²) in [6.07, 6.45) is 1.38. The van der Waals surface area contributed by atoms with E-state index in [-0.39, 0.29) is 0 Å². The molecule has 1 N–H and O–H groups in total. The highest BCUT2D eigenvalue weighted by molar-refractivity contribution is 5.49. The van der Waals surface area contributed by atoms with E-state index in [4.69, 9.17) is 9.47 Å². The predicted molar refractivity (Wildman–Crippen MR) is 73.5 cm³/mol. The Hall–Kier alpha value is -1.26. The van der Waals surface area contributed by atoms with Crippen molar-refractivity contribution in [3.8, 4) is 5.75 Å². The van der Waals surface area contributed by atoms with E-state index in [2.05, 4.69) is 29.4 Å². The van der Waals surface area contributed by atoms with E-state index in [0.29, 0.717) is 6.10 Å². The quantitative estimate of drug-likeness (QED) is 0.859. The topological polar surface area (TPSA) is 33.7 Å². The first-order valence-corrected chi connectivity index (χ1v) is 6.47. The van der Waals surface area contributed by atoms with Crippen LogP contribution in [0.3, 0.4) is 0 Å². The molecule has 1 aromatic rings. The Morgan fingerprint density at radius 3 is 3.11 bits per heavy atom. The van der Waals surface area contributed by atoms with Gasteiger partial charge in [-0.15, -0.1) is 0 Å². The lowest BCUT2D eigenvalue weighted by Gasteiger charge is -2.26. The van der Waals surface area contributed by atoms with Crippen molar-refractivity contribution in [2.75, 3.05) is 45.3 Å². The van der Waals surface area contributed by atoms with Gasteiger partial charge in [0.15, 0.2) is 0 Å². The third kappa shape index (κ3) is 3.62. The summed E-state index contributed by atoms with van der Waals surface area (Å²) in [4.78, 5) is 2.24. The van der Waals surface area contributed by atoms with Gasteiger partial charge in [-0.2, -0.15) is 0 Å². The summed E-state index contributed by atoms with van der Waals surface area (Å²) in [6, 6.07) is 8.14. The molecule has 18 heavy (non-hydrogen) atoms. The largest absolute Gasteiger partial charge is 0.497 e. The standard InChI is InChI=1S/C14H22N2O2/c1-16(8-6-14-11-15-7-9-18-14)12-4-3-5-13(10-12)17-2/h3-5,10,14-15H,6-9,11H2,1-2H3. The van der Waals surface area contributed by atoms with Gasteiger partial charge in [-0.25, -0.2) is 0 Å². The zero-order valence-corrected chi connectivity index (χ0v) is 11.2. The van der Waals surface area contributed by atoms with Crippen molar-refractivity contribution in [3.05, 3.63) is 24.3 Å². The minimum absolute atomic E-state index is 0.340. The molecule has 4 nitrogen and oxygen atoms in total. The molecule has 1 aromatic carbocycles. The fourth-order valence-electron chi connectivity index (χ4n) is 2.12. The molecule has 1 saturated heterocycles. The van der Waals surface area contributed by atoms with Crippen molar-refractivity contribution in [3.63, 3.8) is 0 Å². The van der Waals surface area contributed by atoms with Crippen molar-refractivity contribution in [1.29, 1.82) is 0 Å². The van der Waals surface area contributed by atoms with Crippen LogP contribution in [0.1, 0.15) is 6.42 Å². The Morgan fingerprint density at radius 1 is 1.50 bits per heavy atom. The van der Waals surface area contributed by atoms with Gasteiger partial charge in [-0.1, -0.05) is 6.07 Å². The first kappa shape index (κ1) is 13.2. The zero-order valence-electron chi connectivity index (χ0n) is 11.2. The number of rotatable bonds is 5. The fourth-order valence-corrected chi connectivity index (χ4v) is 2.12. The molecule has 1 fully saturated rings. The second-order valence-corrected chi connectivity index (χ2v) is 4.61. The summed E-state index contributed by atoms with van der Waals surface area (Å²) in [5.74, 6) is 0.898. The minimum atomic E-state index is 0.340. The van der Waals surface area contributed by atoms with E-state index in [0.717, 1.165) is 38.4 Å². The Morgan fingerprint density at radius 2 is 2.39 bits per heavy atom. The molecule has 1 atom stereocenters. The van der Waals surface area contributed by atoms with Crippen LogP contribution in [0.4, 0.5) is 5.69 Å². The fraction of sp³-hybridized carbons (Fsp3) is 0.571. The second kappa shape index (κ2) is 6.61. The number of morpholine rings is 1. The van der Waals surface area contributed by atoms with Crippen LogP contribution < -0.4 is 15.0 Å². The lowest BCUT2D eigenvalue weighted by Crippen LogP contribution is -2.40. The van der Waals surface area contributed by atoms with E-state index < -0.39 is 0 Å². The monoisotopic (exact) mass is 250 g/mol. The van der Waals surface area contributed by atoms with Crippen LogP contribution in [0.5, 0.6) is 5.75 Å². The van der Waals surface area contributed by atoms with Crippen LogP contribution in [0.2, 0.25) is 0 Å². The Bertz CT molecular complexity index is 365. The molecule has 0 aliphatic carbocycles. The lowest BCUT2D eigenvalue weighted by molar-refractivity contribution is 0.0250. The maximum absolute atomic E-state index is 5.70. The molecule has 2 rings (SSSR count). The Balaban J connectivity index is 1.84. The van der Waals surface area contributed by atoms with Crippen LogP contribution >= 0.6 is 0 Å². The van der Waals surface area contributed by atoms with Crippen LogP contribution in [0.25, 0.3) is 0 Å². The van der Waals surface area contributed by atoms with Gasteiger partial charge in [0.25, 0.3) is 0 Å². The maximum Gasteiger partial charge on any atom is 0.120 e. The molecule has 0 amide bonds. The van der Waals surface area contributed by atoms with E-state index in [1.165, 1.54) is 5.69 Å². The molecule has 4 heteroatoms. The molecular weight excluding hydrogens is 228 g/mol. The van der Waals surface area contributed by atoms with Gasteiger partial charge < -0.3 is 19.7 Å². The van der Waals surface area contributed by atoms with E-state index in [1.54, 1.807) is 7.11 Å². The number of ether oxygens (including phenoxy) is 2. The number of benzene rings is 1. The summed E-state index contributed by atoms with van der Waals surface area (Å²) >= 11 is 0. The van der Waals surface area contributed by atoms with Gasteiger partial charge in [-0.05, 0) is 18.6 Å². The predicted octanol–water partition coefficient (Wildman–Crippen LogP) is 1.51. The van der Waals surface area contributed by atoms with Crippen LogP contribution in [0.15, 0.2) is 24.3 Å². The molecule has 0 aromatic heterocycles. The number of hydrogen-bond donors (Lipinski definition) is 1. The van der Waals surface area contributed by atoms with E-state index >= 15 is 0 Å². The number of methoxy groups -OCH3 is 1. The summed E-state index contributed by atoms with van der Waals surface area (Å²) in [5.41, 5.74) is 1.18. The van der Waals surface area contributed by atoms with Crippen molar-refractivity contribution in [1.82, 2.24) is 5.32 Å².